The fourth-order valence-electron chi connectivity index (χ4n) is 2.09. The van der Waals surface area contributed by atoms with Crippen LogP contribution in [0.3, 0.4) is 0 Å². The summed E-state index contributed by atoms with van der Waals surface area (Å²) in [5.41, 5.74) is 9.07. The summed E-state index contributed by atoms with van der Waals surface area (Å²) in [6.07, 6.45) is 2.66. The molecule has 1 aliphatic rings. The molecule has 1 atom stereocenters. The molecule has 0 bridgehead atoms. The van der Waals surface area contributed by atoms with Gasteiger partial charge in [0.25, 0.3) is 0 Å². The molecule has 3 N–H and O–H groups in total. The van der Waals surface area contributed by atoms with E-state index in [-0.39, 0.29) is 0 Å². The number of nitrogens with two attached hydrogens (primary N) is 1. The quantitative estimate of drug-likeness (QED) is 0.791. The van der Waals surface area contributed by atoms with Crippen LogP contribution in [0.1, 0.15) is 25.3 Å². The van der Waals surface area contributed by atoms with Crippen molar-refractivity contribution < 1.29 is 0 Å². The molecule has 2 rings (SSSR count). The normalized spacial score (nSPS) is 24.6. The van der Waals surface area contributed by atoms with Crippen LogP contribution in [0.2, 0.25) is 0 Å². The maximum Gasteiger partial charge on any atom is 0.0391 e. The number of rotatable bonds is 3. The van der Waals surface area contributed by atoms with Crippen LogP contribution in [0.25, 0.3) is 0 Å². The van der Waals surface area contributed by atoms with E-state index in [1.54, 1.807) is 0 Å². The first-order valence-electron chi connectivity index (χ1n) is 5.83. The van der Waals surface area contributed by atoms with Crippen molar-refractivity contribution in [3.63, 3.8) is 0 Å². The molecule has 1 aromatic rings. The van der Waals surface area contributed by atoms with E-state index >= 15 is 0 Å². The van der Waals surface area contributed by atoms with Crippen molar-refractivity contribution in [1.82, 2.24) is 0 Å². The van der Waals surface area contributed by atoms with Gasteiger partial charge in [-0.25, -0.2) is 0 Å². The number of thioether (sulfide) groups is 1. The van der Waals surface area contributed by atoms with Gasteiger partial charge in [0.15, 0.2) is 0 Å². The second-order valence-corrected chi connectivity index (χ2v) is 6.51. The van der Waals surface area contributed by atoms with Crippen molar-refractivity contribution in [3.8, 4) is 0 Å². The lowest BCUT2D eigenvalue weighted by Gasteiger charge is -2.24. The zero-order valence-electron chi connectivity index (χ0n) is 10.0. The summed E-state index contributed by atoms with van der Waals surface area (Å²) in [5, 5.41) is 3.54. The van der Waals surface area contributed by atoms with Crippen molar-refractivity contribution >= 4 is 23.1 Å². The van der Waals surface area contributed by atoms with Crippen molar-refractivity contribution in [2.45, 2.75) is 31.4 Å². The summed E-state index contributed by atoms with van der Waals surface area (Å²) >= 11 is 2.08. The van der Waals surface area contributed by atoms with Gasteiger partial charge in [-0.1, -0.05) is 6.07 Å². The summed E-state index contributed by atoms with van der Waals surface area (Å²) in [7, 11) is 0. The Balaban J connectivity index is 2.01. The average molecular weight is 236 g/mol. The second kappa shape index (κ2) is 4.58. The third-order valence-corrected chi connectivity index (χ3v) is 4.75. The number of anilines is 2. The van der Waals surface area contributed by atoms with Gasteiger partial charge in [-0.2, -0.15) is 11.8 Å². The van der Waals surface area contributed by atoms with E-state index < -0.39 is 0 Å². The zero-order valence-corrected chi connectivity index (χ0v) is 10.9. The molecule has 1 aromatic carbocycles. The van der Waals surface area contributed by atoms with E-state index in [0.717, 1.165) is 12.2 Å². The molecule has 1 saturated heterocycles. The lowest BCUT2D eigenvalue weighted by molar-refractivity contribution is 0.634. The Bertz CT molecular complexity index is 370. The van der Waals surface area contributed by atoms with Gasteiger partial charge in [0.2, 0.25) is 0 Å². The maximum absolute atomic E-state index is 5.80. The van der Waals surface area contributed by atoms with Crippen LogP contribution < -0.4 is 11.1 Å². The van der Waals surface area contributed by atoms with Gasteiger partial charge >= 0.3 is 0 Å². The molecule has 2 nitrogen and oxygen atoms in total. The Morgan fingerprint density at radius 1 is 1.50 bits per heavy atom. The molecule has 1 unspecified atom stereocenters. The van der Waals surface area contributed by atoms with Gasteiger partial charge in [-0.15, -0.1) is 0 Å². The van der Waals surface area contributed by atoms with Gasteiger partial charge < -0.3 is 11.1 Å². The summed E-state index contributed by atoms with van der Waals surface area (Å²) in [4.78, 5) is 0. The Hall–Kier alpha value is -0.830. The minimum Gasteiger partial charge on any atom is -0.399 e. The van der Waals surface area contributed by atoms with Crippen LogP contribution in [0.4, 0.5) is 11.4 Å². The summed E-state index contributed by atoms with van der Waals surface area (Å²) in [5.74, 6) is 1.30. The highest BCUT2D eigenvalue weighted by atomic mass is 32.2. The van der Waals surface area contributed by atoms with Crippen molar-refractivity contribution in [2.24, 2.45) is 0 Å². The van der Waals surface area contributed by atoms with Crippen LogP contribution in [0, 0.1) is 6.92 Å². The zero-order chi connectivity index (χ0) is 11.6. The number of nitrogens with one attached hydrogen (secondary N) is 1. The summed E-state index contributed by atoms with van der Waals surface area (Å²) in [6, 6.07) is 6.05. The SMILES string of the molecule is Cc1ccc(N)cc1NCC1(C)CCCS1. The monoisotopic (exact) mass is 236 g/mol. The number of hydrogen-bond acceptors (Lipinski definition) is 3. The molecule has 16 heavy (non-hydrogen) atoms. The summed E-state index contributed by atoms with van der Waals surface area (Å²) in [6.45, 7) is 5.49. The Morgan fingerprint density at radius 2 is 2.31 bits per heavy atom. The largest absolute Gasteiger partial charge is 0.399 e. The fourth-order valence-corrected chi connectivity index (χ4v) is 3.33. The Labute approximate surface area is 102 Å². The molecule has 1 aliphatic heterocycles. The fraction of sp³-hybridized carbons (Fsp3) is 0.538. The maximum atomic E-state index is 5.80. The molecule has 0 aromatic heterocycles. The highest BCUT2D eigenvalue weighted by Crippen LogP contribution is 2.37. The highest BCUT2D eigenvalue weighted by molar-refractivity contribution is 8.00. The van der Waals surface area contributed by atoms with Gasteiger partial charge in [0, 0.05) is 22.7 Å². The Kier molecular flexibility index (Phi) is 3.33. The first kappa shape index (κ1) is 11.6. The van der Waals surface area contributed by atoms with E-state index in [2.05, 4.69) is 37.0 Å². The molecule has 0 saturated carbocycles. The molecule has 1 heterocycles. The van der Waals surface area contributed by atoms with E-state index in [1.807, 2.05) is 12.1 Å². The summed E-state index contributed by atoms with van der Waals surface area (Å²) < 4.78 is 0.400. The minimum atomic E-state index is 0.400. The molecule has 3 heteroatoms. The van der Waals surface area contributed by atoms with Gasteiger partial charge in [0.1, 0.15) is 0 Å². The second-order valence-electron chi connectivity index (χ2n) is 4.83. The molecule has 1 fully saturated rings. The predicted octanol–water partition coefficient (Wildman–Crippen LogP) is 3.27. The number of benzene rings is 1. The van der Waals surface area contributed by atoms with Crippen LogP contribution in [0.15, 0.2) is 18.2 Å². The number of nitrogen functional groups attached to an aromatic ring is 1. The van der Waals surface area contributed by atoms with Crippen molar-refractivity contribution in [1.29, 1.82) is 0 Å². The molecular formula is C13H20N2S. The lowest BCUT2D eigenvalue weighted by atomic mass is 10.1. The molecule has 0 radical (unpaired) electrons. The number of hydrogen-bond donors (Lipinski definition) is 2. The molecule has 0 amide bonds. The van der Waals surface area contributed by atoms with Crippen LogP contribution in [-0.2, 0) is 0 Å². The molecule has 0 spiro atoms. The van der Waals surface area contributed by atoms with E-state index in [0.29, 0.717) is 4.75 Å². The molecule has 0 aliphatic carbocycles. The van der Waals surface area contributed by atoms with Gasteiger partial charge in [-0.05, 0) is 50.1 Å². The lowest BCUT2D eigenvalue weighted by Crippen LogP contribution is -2.27. The van der Waals surface area contributed by atoms with Crippen molar-refractivity contribution in [3.05, 3.63) is 23.8 Å². The smallest absolute Gasteiger partial charge is 0.0391 e. The molecule has 88 valence electrons. The third-order valence-electron chi connectivity index (χ3n) is 3.21. The van der Waals surface area contributed by atoms with E-state index in [1.165, 1.54) is 29.8 Å². The first-order valence-corrected chi connectivity index (χ1v) is 6.82. The highest BCUT2D eigenvalue weighted by Gasteiger charge is 2.29. The van der Waals surface area contributed by atoms with E-state index in [9.17, 15) is 0 Å². The minimum absolute atomic E-state index is 0.400. The van der Waals surface area contributed by atoms with Crippen LogP contribution in [-0.4, -0.2) is 17.0 Å². The predicted molar refractivity (Wildman–Crippen MR) is 74.2 cm³/mol. The average Bonchev–Trinajstić information content (AvgIpc) is 2.67. The van der Waals surface area contributed by atoms with Gasteiger partial charge in [-0.3, -0.25) is 0 Å². The number of aryl methyl sites for hydroxylation is 1. The molecular weight excluding hydrogens is 216 g/mol. The van der Waals surface area contributed by atoms with Crippen LogP contribution in [0.5, 0.6) is 0 Å². The Morgan fingerprint density at radius 3 is 3.00 bits per heavy atom. The van der Waals surface area contributed by atoms with Crippen molar-refractivity contribution in [2.75, 3.05) is 23.3 Å². The van der Waals surface area contributed by atoms with Crippen LogP contribution >= 0.6 is 11.8 Å². The third kappa shape index (κ3) is 2.64. The standard InChI is InChI=1S/C13H20N2S/c1-10-4-5-11(14)8-12(10)15-9-13(2)6-3-7-16-13/h4-5,8,15H,3,6-7,9,14H2,1-2H3. The van der Waals surface area contributed by atoms with E-state index in [4.69, 9.17) is 5.73 Å². The first-order chi connectivity index (χ1) is 7.59. The topological polar surface area (TPSA) is 38.0 Å². The van der Waals surface area contributed by atoms with Gasteiger partial charge in [0.05, 0.1) is 0 Å².